The normalized spacial score (nSPS) is 17.7. The Kier molecular flexibility index (Phi) is 9.63. The molecular weight excluding hydrogens is 645 g/mol. The van der Waals surface area contributed by atoms with Crippen LogP contribution in [0.25, 0.3) is 21.1 Å². The number of ether oxygens (including phenoxy) is 2. The Hall–Kier alpha value is -3.68. The number of piperazine rings is 1. The number of hydrogen-bond donors (Lipinski definition) is 1. The van der Waals surface area contributed by atoms with Gasteiger partial charge in [-0.15, -0.1) is 0 Å². The molecule has 2 atom stereocenters. The molecule has 0 aliphatic carbocycles. The molecule has 1 aliphatic heterocycles. The van der Waals surface area contributed by atoms with Gasteiger partial charge in [-0.1, -0.05) is 32.1 Å². The van der Waals surface area contributed by atoms with Crippen molar-refractivity contribution >= 4 is 64.1 Å². The van der Waals surface area contributed by atoms with Gasteiger partial charge in [0.05, 0.1) is 47.3 Å². The fraction of sp³-hybridized carbons (Fsp3) is 0.543. The van der Waals surface area contributed by atoms with Crippen molar-refractivity contribution < 1.29 is 23.5 Å². The Labute approximate surface area is 288 Å². The molecule has 2 aromatic heterocycles. The maximum atomic E-state index is 13.9. The van der Waals surface area contributed by atoms with E-state index in [0.29, 0.717) is 41.7 Å². The smallest absolute Gasteiger partial charge is 0.410 e. The molecule has 48 heavy (non-hydrogen) atoms. The van der Waals surface area contributed by atoms with E-state index in [1.165, 1.54) is 11.3 Å². The van der Waals surface area contributed by atoms with E-state index in [2.05, 4.69) is 49.2 Å². The Morgan fingerprint density at radius 2 is 1.71 bits per heavy atom. The van der Waals surface area contributed by atoms with E-state index in [9.17, 15) is 9.59 Å². The minimum Gasteiger partial charge on any atom is -0.473 e. The van der Waals surface area contributed by atoms with Gasteiger partial charge >= 0.3 is 6.09 Å². The second-order valence-corrected chi connectivity index (χ2v) is 21.1. The number of carbonyl (C=O) groups is 2. The van der Waals surface area contributed by atoms with Gasteiger partial charge in [-0.25, -0.2) is 9.78 Å². The molecule has 13 heteroatoms. The van der Waals surface area contributed by atoms with Crippen LogP contribution in [0, 0.1) is 0 Å². The van der Waals surface area contributed by atoms with E-state index in [4.69, 9.17) is 18.9 Å². The van der Waals surface area contributed by atoms with Gasteiger partial charge in [0.2, 0.25) is 0 Å². The first-order valence-corrected chi connectivity index (χ1v) is 20.2. The molecule has 0 bridgehead atoms. The predicted octanol–water partition coefficient (Wildman–Crippen LogP) is 7.80. The summed E-state index contributed by atoms with van der Waals surface area (Å²) in [7, 11) is 1.45. The van der Waals surface area contributed by atoms with Crippen LogP contribution in [0.1, 0.15) is 71.3 Å². The molecule has 5 rings (SSSR count). The highest BCUT2D eigenvalue weighted by molar-refractivity contribution is 7.21. The number of nitrogens with one attached hydrogen (secondary N) is 1. The number of fused-ring (bicyclic) bond motifs is 2. The van der Waals surface area contributed by atoms with Gasteiger partial charge in [-0.05, 0) is 77.0 Å². The summed E-state index contributed by atoms with van der Waals surface area (Å²) < 4.78 is 20.4. The van der Waals surface area contributed by atoms with Crippen LogP contribution in [-0.2, 0) is 22.8 Å². The average molecular weight is 695 g/mol. The van der Waals surface area contributed by atoms with E-state index >= 15 is 0 Å². The Morgan fingerprint density at radius 1 is 1.04 bits per heavy atom. The van der Waals surface area contributed by atoms with E-state index in [1.807, 2.05) is 77.0 Å². The maximum absolute atomic E-state index is 13.9. The van der Waals surface area contributed by atoms with Crippen molar-refractivity contribution in [1.82, 2.24) is 19.7 Å². The number of nitrogens with zero attached hydrogens (tertiary/aromatic N) is 5. The zero-order chi connectivity index (χ0) is 35.3. The molecule has 1 saturated heterocycles. The van der Waals surface area contributed by atoms with Crippen LogP contribution in [0.4, 0.5) is 16.2 Å². The van der Waals surface area contributed by atoms with Crippen LogP contribution < -0.4 is 15.0 Å². The van der Waals surface area contributed by atoms with Crippen LogP contribution >= 0.6 is 11.3 Å². The summed E-state index contributed by atoms with van der Waals surface area (Å²) in [5.41, 5.74) is 3.86. The molecule has 2 amide bonds. The van der Waals surface area contributed by atoms with Gasteiger partial charge in [0.25, 0.3) is 11.1 Å². The lowest BCUT2D eigenvalue weighted by molar-refractivity contribution is 0.00567. The lowest BCUT2D eigenvalue weighted by Crippen LogP contribution is -2.59. The molecule has 2 aromatic carbocycles. The maximum Gasteiger partial charge on any atom is 0.410 e. The topological polar surface area (TPSA) is 111 Å². The Morgan fingerprint density at radius 3 is 2.31 bits per heavy atom. The number of anilines is 2. The number of thiazole rings is 1. The highest BCUT2D eigenvalue weighted by Gasteiger charge is 2.38. The van der Waals surface area contributed by atoms with E-state index in [0.717, 1.165) is 26.9 Å². The van der Waals surface area contributed by atoms with Crippen molar-refractivity contribution in [3.63, 3.8) is 0 Å². The summed E-state index contributed by atoms with van der Waals surface area (Å²) >= 11 is 1.41. The molecule has 3 heterocycles. The van der Waals surface area contributed by atoms with E-state index in [-0.39, 0.29) is 29.1 Å². The van der Waals surface area contributed by atoms with Gasteiger partial charge in [0.15, 0.2) is 8.32 Å². The molecule has 0 unspecified atom stereocenters. The van der Waals surface area contributed by atoms with Crippen LogP contribution in [0.3, 0.4) is 0 Å². The van der Waals surface area contributed by atoms with E-state index in [1.54, 1.807) is 11.8 Å². The number of aromatic nitrogens is 3. The number of aryl methyl sites for hydroxylation is 1. The minimum atomic E-state index is -2.02. The average Bonchev–Trinajstić information content (AvgIpc) is 3.56. The third kappa shape index (κ3) is 7.32. The zero-order valence-corrected chi connectivity index (χ0v) is 32.2. The van der Waals surface area contributed by atoms with Gasteiger partial charge in [0, 0.05) is 43.0 Å². The van der Waals surface area contributed by atoms with Gasteiger partial charge in [0.1, 0.15) is 11.1 Å². The number of benzene rings is 2. The second-order valence-electron chi connectivity index (χ2n) is 15.4. The number of methoxy groups -OCH3 is 1. The monoisotopic (exact) mass is 694 g/mol. The molecule has 1 N–H and O–H groups in total. The minimum absolute atomic E-state index is 0.0654. The lowest BCUT2D eigenvalue weighted by Gasteiger charge is -2.45. The first kappa shape index (κ1) is 35.6. The third-order valence-electron chi connectivity index (χ3n) is 9.24. The quantitative estimate of drug-likeness (QED) is 0.195. The summed E-state index contributed by atoms with van der Waals surface area (Å²) in [5.74, 6) is -0.268. The van der Waals surface area contributed by atoms with Crippen molar-refractivity contribution in [3.05, 3.63) is 41.6 Å². The third-order valence-corrected chi connectivity index (χ3v) is 14.8. The molecule has 4 aromatic rings. The molecule has 1 aliphatic rings. The van der Waals surface area contributed by atoms with Gasteiger partial charge < -0.3 is 24.1 Å². The number of hydrogen-bond acceptors (Lipinski definition) is 9. The molecule has 1 fully saturated rings. The van der Waals surface area contributed by atoms with Crippen molar-refractivity contribution in [2.24, 2.45) is 7.05 Å². The van der Waals surface area contributed by atoms with Crippen molar-refractivity contribution in [3.8, 4) is 5.19 Å². The first-order valence-electron chi connectivity index (χ1n) is 16.4. The SMILES string of the molecule is COc1nc2c(C(=O)Nc3cc(CO[Si](C)(C)C(C)(C)C)c4nn(C)cc4c3)ccc(N3C[C@H](C)N(C(=O)OC(C)(C)C)[C@@H](C)C3)c2s1. The van der Waals surface area contributed by atoms with Crippen molar-refractivity contribution in [2.75, 3.05) is 30.4 Å². The summed E-state index contributed by atoms with van der Waals surface area (Å²) in [4.78, 5) is 35.8. The molecule has 260 valence electrons. The van der Waals surface area contributed by atoms with Crippen LogP contribution in [-0.4, -0.2) is 77.9 Å². The Balaban J connectivity index is 1.43. The summed E-state index contributed by atoms with van der Waals surface area (Å²) in [6.07, 6.45) is 1.64. The zero-order valence-electron chi connectivity index (χ0n) is 30.3. The van der Waals surface area contributed by atoms with Crippen LogP contribution in [0.15, 0.2) is 30.5 Å². The predicted molar refractivity (Wildman–Crippen MR) is 196 cm³/mol. The summed E-state index contributed by atoms with van der Waals surface area (Å²) in [6.45, 7) is 22.4. The molecule has 0 radical (unpaired) electrons. The first-order chi connectivity index (χ1) is 22.3. The number of carbonyl (C=O) groups excluding carboxylic acids is 2. The fourth-order valence-electron chi connectivity index (χ4n) is 5.87. The molecule has 0 saturated carbocycles. The molecular formula is C35H50N6O5SSi. The van der Waals surface area contributed by atoms with Gasteiger partial charge in [-0.3, -0.25) is 14.4 Å². The molecule has 0 spiro atoms. The standard InChI is InChI=1S/C35H50N6O5SSi/c1-21-17-40(18-22(2)41(21)33(43)46-34(3,4)5)27-14-13-26(29-30(27)47-32(37-29)44-10)31(42)36-25-15-23-19-39(9)38-28(23)24(16-25)20-45-48(11,12)35(6,7)8/h13-16,19,21-22H,17-18,20H2,1-12H3,(H,36,42)/t21-,22-/m0/s1. The van der Waals surface area contributed by atoms with E-state index < -0.39 is 13.9 Å². The largest absolute Gasteiger partial charge is 0.473 e. The summed E-state index contributed by atoms with van der Waals surface area (Å²) in [6, 6.07) is 7.52. The highest BCUT2D eigenvalue weighted by Crippen LogP contribution is 2.40. The Bertz CT molecular complexity index is 1830. The van der Waals surface area contributed by atoms with Crippen LogP contribution in [0.5, 0.6) is 5.19 Å². The lowest BCUT2D eigenvalue weighted by atomic mass is 10.1. The summed E-state index contributed by atoms with van der Waals surface area (Å²) in [5, 5.41) is 9.28. The van der Waals surface area contributed by atoms with Crippen molar-refractivity contribution in [1.29, 1.82) is 0 Å². The fourth-order valence-corrected chi connectivity index (χ4v) is 7.77. The second kappa shape index (κ2) is 13.0. The molecule has 11 nitrogen and oxygen atoms in total. The number of amides is 2. The number of rotatable bonds is 7. The van der Waals surface area contributed by atoms with Crippen LogP contribution in [0.2, 0.25) is 18.1 Å². The highest BCUT2D eigenvalue weighted by atomic mass is 32.1. The van der Waals surface area contributed by atoms with Crippen molar-refractivity contribution in [2.45, 2.75) is 97.8 Å². The van der Waals surface area contributed by atoms with Gasteiger partial charge in [-0.2, -0.15) is 5.10 Å².